The van der Waals surface area contributed by atoms with Crippen molar-refractivity contribution in [3.05, 3.63) is 114 Å². The molecule has 0 radical (unpaired) electrons. The number of halogens is 1. The van der Waals surface area contributed by atoms with Gasteiger partial charge in [0.25, 0.3) is 5.82 Å². The Morgan fingerprint density at radius 1 is 0.719 bits per heavy atom. The molecule has 0 aliphatic carbocycles. The summed E-state index contributed by atoms with van der Waals surface area (Å²) in [6.45, 7) is 4.09. The molecule has 0 N–H and O–H groups in total. The smallest absolute Gasteiger partial charge is 0.256 e. The highest BCUT2D eigenvalue weighted by Crippen LogP contribution is 2.18. The SMILES string of the molecule is CCCCc1n(Cc2ccc3ccccc3c2)cc[n+]1Cc1ccc2ccccc2c1.[Br-]. The van der Waals surface area contributed by atoms with Crippen LogP contribution in [0, 0.1) is 0 Å². The number of hydrogen-bond donors (Lipinski definition) is 0. The predicted molar refractivity (Wildman–Crippen MR) is 129 cm³/mol. The van der Waals surface area contributed by atoms with E-state index in [1.807, 2.05) is 0 Å². The van der Waals surface area contributed by atoms with Crippen molar-refractivity contribution in [3.63, 3.8) is 0 Å². The third kappa shape index (κ3) is 4.78. The van der Waals surface area contributed by atoms with Gasteiger partial charge in [-0.1, -0.05) is 86.1 Å². The molecule has 0 aliphatic rings. The lowest BCUT2D eigenvalue weighted by molar-refractivity contribution is -0.695. The molecule has 162 valence electrons. The molecular weight excluding hydrogens is 456 g/mol. The topological polar surface area (TPSA) is 8.81 Å². The van der Waals surface area contributed by atoms with Crippen LogP contribution >= 0.6 is 0 Å². The first-order valence-corrected chi connectivity index (χ1v) is 11.3. The molecule has 3 heteroatoms. The van der Waals surface area contributed by atoms with Gasteiger partial charge in [0.2, 0.25) is 0 Å². The third-order valence-electron chi connectivity index (χ3n) is 6.18. The summed E-state index contributed by atoms with van der Waals surface area (Å²) in [6, 6.07) is 30.9. The third-order valence-corrected chi connectivity index (χ3v) is 6.18. The van der Waals surface area contributed by atoms with Gasteiger partial charge in [0.05, 0.1) is 0 Å². The first kappa shape index (κ1) is 22.3. The van der Waals surface area contributed by atoms with Crippen LogP contribution in [0.4, 0.5) is 0 Å². The summed E-state index contributed by atoms with van der Waals surface area (Å²) in [5.74, 6) is 1.41. The highest BCUT2D eigenvalue weighted by Gasteiger charge is 2.17. The molecule has 2 nitrogen and oxygen atoms in total. The number of unbranched alkanes of at least 4 members (excludes halogenated alkanes) is 1. The summed E-state index contributed by atoms with van der Waals surface area (Å²) in [7, 11) is 0. The molecule has 1 heterocycles. The zero-order chi connectivity index (χ0) is 21.0. The molecule has 0 amide bonds. The molecular formula is C29H29BrN2. The summed E-state index contributed by atoms with van der Waals surface area (Å²) in [5.41, 5.74) is 2.70. The molecule has 0 aliphatic heterocycles. The number of benzene rings is 4. The largest absolute Gasteiger partial charge is 1.00 e. The molecule has 0 fully saturated rings. The van der Waals surface area contributed by atoms with Gasteiger partial charge < -0.3 is 17.0 Å². The zero-order valence-electron chi connectivity index (χ0n) is 18.5. The molecule has 0 atom stereocenters. The summed E-state index contributed by atoms with van der Waals surface area (Å²) >= 11 is 0. The maximum atomic E-state index is 2.43. The minimum absolute atomic E-state index is 0. The molecule has 0 saturated heterocycles. The Morgan fingerprint density at radius 2 is 1.31 bits per heavy atom. The van der Waals surface area contributed by atoms with Crippen molar-refractivity contribution < 1.29 is 21.5 Å². The second-order valence-corrected chi connectivity index (χ2v) is 8.44. The van der Waals surface area contributed by atoms with Gasteiger partial charge >= 0.3 is 0 Å². The number of nitrogens with zero attached hydrogens (tertiary/aromatic N) is 2. The lowest BCUT2D eigenvalue weighted by Gasteiger charge is -2.07. The van der Waals surface area contributed by atoms with Gasteiger partial charge in [-0.25, -0.2) is 9.13 Å². The number of fused-ring (bicyclic) bond motifs is 2. The summed E-state index contributed by atoms with van der Waals surface area (Å²) in [4.78, 5) is 0. The molecule has 0 saturated carbocycles. The molecule has 5 rings (SSSR count). The lowest BCUT2D eigenvalue weighted by Crippen LogP contribution is -3.00. The number of imidazole rings is 1. The van der Waals surface area contributed by atoms with Gasteiger partial charge in [-0.15, -0.1) is 0 Å². The van der Waals surface area contributed by atoms with Crippen LogP contribution in [-0.2, 0) is 19.5 Å². The maximum absolute atomic E-state index is 2.43. The van der Waals surface area contributed by atoms with Gasteiger partial charge in [-0.3, -0.25) is 0 Å². The van der Waals surface area contributed by atoms with Crippen LogP contribution < -0.4 is 21.5 Å². The zero-order valence-corrected chi connectivity index (χ0v) is 20.1. The van der Waals surface area contributed by atoms with Crippen LogP contribution in [0.2, 0.25) is 0 Å². The van der Waals surface area contributed by atoms with Crippen molar-refractivity contribution in [3.8, 4) is 0 Å². The maximum Gasteiger partial charge on any atom is 0.256 e. The normalized spacial score (nSPS) is 11.0. The van der Waals surface area contributed by atoms with E-state index in [2.05, 4.69) is 113 Å². The van der Waals surface area contributed by atoms with Crippen molar-refractivity contribution >= 4 is 21.5 Å². The van der Waals surface area contributed by atoms with Crippen LogP contribution in [0.25, 0.3) is 21.5 Å². The highest BCUT2D eigenvalue weighted by atomic mass is 79.9. The Hall–Kier alpha value is -2.91. The summed E-state index contributed by atoms with van der Waals surface area (Å²) in [6.07, 6.45) is 8.02. The predicted octanol–water partition coefficient (Wildman–Crippen LogP) is 3.53. The van der Waals surface area contributed by atoms with Gasteiger partial charge in [0.1, 0.15) is 25.5 Å². The fourth-order valence-corrected chi connectivity index (χ4v) is 4.48. The number of hydrogen-bond acceptors (Lipinski definition) is 0. The lowest BCUT2D eigenvalue weighted by atomic mass is 10.1. The Bertz CT molecular complexity index is 1240. The van der Waals surface area contributed by atoms with Crippen LogP contribution in [0.15, 0.2) is 97.3 Å². The van der Waals surface area contributed by atoms with Crippen LogP contribution in [-0.4, -0.2) is 4.57 Å². The Morgan fingerprint density at radius 3 is 1.97 bits per heavy atom. The molecule has 0 unspecified atom stereocenters. The van der Waals surface area contributed by atoms with Gasteiger partial charge in [-0.05, 0) is 51.2 Å². The molecule has 0 spiro atoms. The monoisotopic (exact) mass is 484 g/mol. The van der Waals surface area contributed by atoms with Gasteiger partial charge in [-0.2, -0.15) is 0 Å². The van der Waals surface area contributed by atoms with E-state index < -0.39 is 0 Å². The quantitative estimate of drug-likeness (QED) is 0.312. The Balaban J connectivity index is 0.00000245. The fraction of sp³-hybridized carbons (Fsp3) is 0.207. The van der Waals surface area contributed by atoms with Crippen molar-refractivity contribution in [2.24, 2.45) is 0 Å². The summed E-state index contributed by atoms with van der Waals surface area (Å²) in [5, 5.41) is 5.23. The summed E-state index contributed by atoms with van der Waals surface area (Å²) < 4.78 is 4.86. The minimum atomic E-state index is 0. The first-order chi connectivity index (χ1) is 15.3. The van der Waals surface area contributed by atoms with Gasteiger partial charge in [0, 0.05) is 6.42 Å². The molecule has 1 aromatic heterocycles. The number of aromatic nitrogens is 2. The van der Waals surface area contributed by atoms with Crippen molar-refractivity contribution in [2.75, 3.05) is 0 Å². The fourth-order valence-electron chi connectivity index (χ4n) is 4.48. The van der Waals surface area contributed by atoms with E-state index in [-0.39, 0.29) is 17.0 Å². The average Bonchev–Trinajstić information content (AvgIpc) is 3.18. The average molecular weight is 485 g/mol. The molecule has 32 heavy (non-hydrogen) atoms. The van der Waals surface area contributed by atoms with Crippen molar-refractivity contribution in [1.29, 1.82) is 0 Å². The van der Waals surface area contributed by atoms with E-state index in [1.54, 1.807) is 0 Å². The number of rotatable bonds is 7. The second kappa shape index (κ2) is 10.1. The van der Waals surface area contributed by atoms with E-state index in [9.17, 15) is 0 Å². The second-order valence-electron chi connectivity index (χ2n) is 8.44. The highest BCUT2D eigenvalue weighted by molar-refractivity contribution is 5.83. The molecule has 0 bridgehead atoms. The van der Waals surface area contributed by atoms with Crippen molar-refractivity contribution in [1.82, 2.24) is 4.57 Å². The standard InChI is InChI=1S/C29H29N2.BrH/c1-2-3-12-29-30(21-23-13-15-25-8-4-6-10-27(25)19-23)17-18-31(29)22-24-14-16-26-9-5-7-11-28(26)20-24;/h4-11,13-20H,2-3,12,21-22H2,1H3;1H/q+1;/p-1. The van der Waals surface area contributed by atoms with Crippen molar-refractivity contribution in [2.45, 2.75) is 39.3 Å². The van der Waals surface area contributed by atoms with E-state index in [0.717, 1.165) is 19.5 Å². The van der Waals surface area contributed by atoms with Crippen LogP contribution in [0.5, 0.6) is 0 Å². The Kier molecular flexibility index (Phi) is 7.06. The van der Waals surface area contributed by atoms with E-state index in [4.69, 9.17) is 0 Å². The molecule has 4 aromatic carbocycles. The van der Waals surface area contributed by atoms with E-state index in [1.165, 1.54) is 51.3 Å². The minimum Gasteiger partial charge on any atom is -1.00 e. The molecule has 5 aromatic rings. The van der Waals surface area contributed by atoms with Gasteiger partial charge in [0.15, 0.2) is 0 Å². The van der Waals surface area contributed by atoms with E-state index >= 15 is 0 Å². The van der Waals surface area contributed by atoms with Crippen LogP contribution in [0.3, 0.4) is 0 Å². The van der Waals surface area contributed by atoms with E-state index in [0.29, 0.717) is 0 Å². The Labute approximate surface area is 200 Å². The van der Waals surface area contributed by atoms with Crippen LogP contribution in [0.1, 0.15) is 36.7 Å². The first-order valence-electron chi connectivity index (χ1n) is 11.3.